The molecule has 0 bridgehead atoms. The van der Waals surface area contributed by atoms with Crippen molar-refractivity contribution < 1.29 is 22.7 Å². The second-order valence-electron chi connectivity index (χ2n) is 11.0. The van der Waals surface area contributed by atoms with Gasteiger partial charge in [-0.05, 0) is 53.4 Å². The SMILES string of the molecule is COc1cccc(N(CC(=O)N(Cc2cccc(Br)c2)[C@H](Cc2ccccc2)C(=O)NCC(C)C)S(=O)(=O)c2ccccc2)c1. The third kappa shape index (κ3) is 9.18. The van der Waals surface area contributed by atoms with Gasteiger partial charge in [0.05, 0.1) is 17.7 Å². The highest BCUT2D eigenvalue weighted by atomic mass is 79.9. The van der Waals surface area contributed by atoms with Gasteiger partial charge in [0, 0.05) is 30.0 Å². The summed E-state index contributed by atoms with van der Waals surface area (Å²) in [6, 6.07) is 30.6. The van der Waals surface area contributed by atoms with Crippen molar-refractivity contribution in [2.45, 2.75) is 37.8 Å². The summed E-state index contributed by atoms with van der Waals surface area (Å²) < 4.78 is 35.5. The number of carbonyl (C=O) groups is 2. The van der Waals surface area contributed by atoms with Crippen LogP contribution < -0.4 is 14.4 Å². The molecular formula is C35H38BrN3O5S. The molecule has 45 heavy (non-hydrogen) atoms. The minimum absolute atomic E-state index is 0.0367. The van der Waals surface area contributed by atoms with Crippen LogP contribution in [-0.4, -0.2) is 51.4 Å². The average molecular weight is 693 g/mol. The minimum Gasteiger partial charge on any atom is -0.497 e. The molecule has 2 amide bonds. The van der Waals surface area contributed by atoms with Gasteiger partial charge in [-0.1, -0.05) is 96.5 Å². The zero-order valence-electron chi connectivity index (χ0n) is 25.6. The van der Waals surface area contributed by atoms with Gasteiger partial charge in [-0.2, -0.15) is 0 Å². The summed E-state index contributed by atoms with van der Waals surface area (Å²) in [5, 5.41) is 3.00. The molecule has 0 aliphatic carbocycles. The Morgan fingerprint density at radius 1 is 0.844 bits per heavy atom. The largest absolute Gasteiger partial charge is 0.497 e. The zero-order valence-corrected chi connectivity index (χ0v) is 28.0. The molecule has 0 aliphatic rings. The second-order valence-corrected chi connectivity index (χ2v) is 13.8. The number of rotatable bonds is 14. The number of halogens is 1. The van der Waals surface area contributed by atoms with Gasteiger partial charge in [-0.25, -0.2) is 8.42 Å². The zero-order chi connectivity index (χ0) is 32.4. The molecule has 1 atom stereocenters. The fraction of sp³-hybridized carbons (Fsp3) is 0.257. The van der Waals surface area contributed by atoms with Crippen molar-refractivity contribution >= 4 is 43.5 Å². The molecule has 1 N–H and O–H groups in total. The van der Waals surface area contributed by atoms with Crippen LogP contribution in [0.3, 0.4) is 0 Å². The monoisotopic (exact) mass is 691 g/mol. The quantitative estimate of drug-likeness (QED) is 0.173. The fourth-order valence-corrected chi connectivity index (χ4v) is 6.70. The summed E-state index contributed by atoms with van der Waals surface area (Å²) in [7, 11) is -2.70. The number of carbonyl (C=O) groups excluding carboxylic acids is 2. The third-order valence-electron chi connectivity index (χ3n) is 7.15. The lowest BCUT2D eigenvalue weighted by Gasteiger charge is -2.34. The number of nitrogens with one attached hydrogen (secondary N) is 1. The molecule has 4 aromatic rings. The lowest BCUT2D eigenvalue weighted by atomic mass is 10.0. The first-order valence-electron chi connectivity index (χ1n) is 14.7. The van der Waals surface area contributed by atoms with Crippen LogP contribution >= 0.6 is 15.9 Å². The highest BCUT2D eigenvalue weighted by molar-refractivity contribution is 9.10. The van der Waals surface area contributed by atoms with Crippen molar-refractivity contribution in [3.05, 3.63) is 125 Å². The van der Waals surface area contributed by atoms with E-state index in [1.165, 1.54) is 24.1 Å². The van der Waals surface area contributed by atoms with Crippen molar-refractivity contribution in [2.24, 2.45) is 5.92 Å². The van der Waals surface area contributed by atoms with Crippen LogP contribution in [0.1, 0.15) is 25.0 Å². The molecule has 0 unspecified atom stereocenters. The topological polar surface area (TPSA) is 96.0 Å². The van der Waals surface area contributed by atoms with Crippen molar-refractivity contribution in [3.8, 4) is 5.75 Å². The molecule has 0 aliphatic heterocycles. The van der Waals surface area contributed by atoms with Crippen LogP contribution in [0.25, 0.3) is 0 Å². The van der Waals surface area contributed by atoms with Gasteiger partial charge in [0.15, 0.2) is 0 Å². The molecular weight excluding hydrogens is 654 g/mol. The van der Waals surface area contributed by atoms with E-state index in [0.29, 0.717) is 12.3 Å². The number of sulfonamides is 1. The molecule has 10 heteroatoms. The normalized spacial score (nSPS) is 11.9. The Morgan fingerprint density at radius 2 is 1.49 bits per heavy atom. The molecule has 4 aromatic carbocycles. The molecule has 0 heterocycles. The van der Waals surface area contributed by atoms with E-state index in [4.69, 9.17) is 4.74 Å². The molecule has 0 spiro atoms. The molecule has 0 aromatic heterocycles. The van der Waals surface area contributed by atoms with Crippen LogP contribution in [-0.2, 0) is 32.6 Å². The molecule has 0 radical (unpaired) electrons. The summed E-state index contributed by atoms with van der Waals surface area (Å²) in [4.78, 5) is 29.9. The second kappa shape index (κ2) is 15.7. The maximum Gasteiger partial charge on any atom is 0.264 e. The first-order chi connectivity index (χ1) is 21.6. The summed E-state index contributed by atoms with van der Waals surface area (Å²) in [5.41, 5.74) is 1.92. The van der Waals surface area contributed by atoms with E-state index in [0.717, 1.165) is 19.9 Å². The third-order valence-corrected chi connectivity index (χ3v) is 9.43. The van der Waals surface area contributed by atoms with Crippen molar-refractivity contribution in [1.29, 1.82) is 0 Å². The van der Waals surface area contributed by atoms with Gasteiger partial charge in [0.1, 0.15) is 18.3 Å². The Hall–Kier alpha value is -4.15. The Bertz CT molecular complexity index is 1680. The number of nitrogens with zero attached hydrogens (tertiary/aromatic N) is 2. The standard InChI is InChI=1S/C35H38BrN3O5S/c1-26(2)23-37-35(41)33(21-27-12-6-4-7-13-27)38(24-28-14-10-15-29(36)20-28)34(40)25-39(30-16-11-17-31(22-30)44-3)45(42,43)32-18-8-5-9-19-32/h4-20,22,26,33H,21,23-25H2,1-3H3,(H,37,41)/t33-/m1/s1. The molecule has 0 saturated carbocycles. The smallest absolute Gasteiger partial charge is 0.264 e. The summed E-state index contributed by atoms with van der Waals surface area (Å²) in [6.07, 6.45) is 0.245. The van der Waals surface area contributed by atoms with E-state index in [1.54, 1.807) is 42.5 Å². The van der Waals surface area contributed by atoms with Gasteiger partial charge >= 0.3 is 0 Å². The van der Waals surface area contributed by atoms with Crippen LogP contribution in [0, 0.1) is 5.92 Å². The van der Waals surface area contributed by atoms with Crippen LogP contribution in [0.2, 0.25) is 0 Å². The van der Waals surface area contributed by atoms with Gasteiger partial charge < -0.3 is 15.0 Å². The van der Waals surface area contributed by atoms with Crippen LogP contribution in [0.4, 0.5) is 5.69 Å². The molecule has 236 valence electrons. The highest BCUT2D eigenvalue weighted by Crippen LogP contribution is 2.28. The van der Waals surface area contributed by atoms with E-state index < -0.39 is 28.5 Å². The van der Waals surface area contributed by atoms with Gasteiger partial charge in [-0.3, -0.25) is 13.9 Å². The average Bonchev–Trinajstić information content (AvgIpc) is 3.04. The van der Waals surface area contributed by atoms with Gasteiger partial charge in [0.2, 0.25) is 11.8 Å². The Kier molecular flexibility index (Phi) is 11.8. The maximum atomic E-state index is 14.5. The summed E-state index contributed by atoms with van der Waals surface area (Å²) in [5.74, 6) is -0.206. The number of hydrogen-bond acceptors (Lipinski definition) is 5. The lowest BCUT2D eigenvalue weighted by Crippen LogP contribution is -2.53. The van der Waals surface area contributed by atoms with Gasteiger partial charge in [-0.15, -0.1) is 0 Å². The van der Waals surface area contributed by atoms with E-state index >= 15 is 0 Å². The number of hydrogen-bond donors (Lipinski definition) is 1. The van der Waals surface area contributed by atoms with E-state index in [9.17, 15) is 18.0 Å². The number of anilines is 1. The highest BCUT2D eigenvalue weighted by Gasteiger charge is 2.34. The van der Waals surface area contributed by atoms with E-state index in [2.05, 4.69) is 21.2 Å². The van der Waals surface area contributed by atoms with Crippen LogP contribution in [0.5, 0.6) is 5.75 Å². The Balaban J connectivity index is 1.80. The summed E-state index contributed by atoms with van der Waals surface area (Å²) >= 11 is 3.50. The molecule has 0 fully saturated rings. The van der Waals surface area contributed by atoms with E-state index in [1.807, 2.05) is 68.4 Å². The predicted octanol–water partition coefficient (Wildman–Crippen LogP) is 6.07. The first kappa shape index (κ1) is 33.7. The number of benzene rings is 4. The summed E-state index contributed by atoms with van der Waals surface area (Å²) in [6.45, 7) is 3.97. The van der Waals surface area contributed by atoms with E-state index in [-0.39, 0.29) is 35.4 Å². The van der Waals surface area contributed by atoms with Crippen LogP contribution in [0.15, 0.2) is 119 Å². The number of ether oxygens (including phenoxy) is 1. The Labute approximate surface area is 274 Å². The molecule has 0 saturated heterocycles. The molecule has 8 nitrogen and oxygen atoms in total. The fourth-order valence-electron chi connectivity index (χ4n) is 4.82. The van der Waals surface area contributed by atoms with Crippen molar-refractivity contribution in [1.82, 2.24) is 10.2 Å². The molecule has 4 rings (SSSR count). The van der Waals surface area contributed by atoms with Crippen molar-refractivity contribution in [2.75, 3.05) is 24.5 Å². The maximum absolute atomic E-state index is 14.5. The number of methoxy groups -OCH3 is 1. The lowest BCUT2D eigenvalue weighted by molar-refractivity contribution is -0.140. The minimum atomic E-state index is -4.19. The Morgan fingerprint density at radius 3 is 2.13 bits per heavy atom. The first-order valence-corrected chi connectivity index (χ1v) is 16.9. The van der Waals surface area contributed by atoms with Crippen molar-refractivity contribution in [3.63, 3.8) is 0 Å². The number of amides is 2. The predicted molar refractivity (Wildman–Crippen MR) is 180 cm³/mol. The van der Waals surface area contributed by atoms with Gasteiger partial charge in [0.25, 0.3) is 10.0 Å².